The minimum atomic E-state index is -0.266. The predicted molar refractivity (Wildman–Crippen MR) is 76.8 cm³/mol. The average molecular weight is 271 g/mol. The molecule has 0 aliphatic carbocycles. The maximum Gasteiger partial charge on any atom is 0.147 e. The quantitative estimate of drug-likeness (QED) is 0.691. The van der Waals surface area contributed by atoms with Crippen molar-refractivity contribution in [3.63, 3.8) is 0 Å². The summed E-state index contributed by atoms with van der Waals surface area (Å²) in [5.74, 6) is -0.527. The lowest BCUT2D eigenvalue weighted by Crippen LogP contribution is -2.01. The lowest BCUT2D eigenvalue weighted by atomic mass is 9.88. The molecule has 1 aromatic heterocycles. The van der Waals surface area contributed by atoms with Crippen LogP contribution in [0.3, 0.4) is 0 Å². The number of hydrogen-bond acceptors (Lipinski definition) is 0. The van der Waals surface area contributed by atoms with Crippen LogP contribution in [0.15, 0.2) is 48.7 Å². The highest BCUT2D eigenvalue weighted by atomic mass is 19.1. The molecule has 0 fully saturated rings. The summed E-state index contributed by atoms with van der Waals surface area (Å²) in [5, 5.41) is 0.842. The molecule has 3 aromatic rings. The van der Waals surface area contributed by atoms with Gasteiger partial charge < -0.3 is 4.98 Å². The second-order valence-electron chi connectivity index (χ2n) is 4.96. The molecule has 1 heterocycles. The van der Waals surface area contributed by atoms with Gasteiger partial charge in [0.2, 0.25) is 0 Å². The van der Waals surface area contributed by atoms with E-state index in [-0.39, 0.29) is 17.6 Å². The Labute approximate surface area is 116 Å². The monoisotopic (exact) mass is 271 g/mol. The average Bonchev–Trinajstić information content (AvgIpc) is 2.88. The highest BCUT2D eigenvalue weighted by Crippen LogP contribution is 2.31. The van der Waals surface area contributed by atoms with Gasteiger partial charge in [-0.2, -0.15) is 0 Å². The van der Waals surface area contributed by atoms with E-state index in [4.69, 9.17) is 0 Å². The van der Waals surface area contributed by atoms with Crippen LogP contribution in [-0.2, 0) is 0 Å². The second kappa shape index (κ2) is 5.08. The normalized spacial score (nSPS) is 12.8. The van der Waals surface area contributed by atoms with E-state index in [0.29, 0.717) is 5.52 Å². The van der Waals surface area contributed by atoms with Gasteiger partial charge in [-0.25, -0.2) is 8.78 Å². The molecular formula is C17H15F2N. The summed E-state index contributed by atoms with van der Waals surface area (Å²) in [5.41, 5.74) is 2.27. The first kappa shape index (κ1) is 12.9. The van der Waals surface area contributed by atoms with Crippen LogP contribution in [0.5, 0.6) is 0 Å². The predicted octanol–water partition coefficient (Wildman–Crippen LogP) is 4.99. The molecule has 0 saturated carbocycles. The molecule has 1 unspecified atom stereocenters. The summed E-state index contributed by atoms with van der Waals surface area (Å²) < 4.78 is 27.4. The van der Waals surface area contributed by atoms with Crippen LogP contribution in [0.1, 0.15) is 30.4 Å². The molecule has 0 spiro atoms. The molecule has 1 nitrogen and oxygen atoms in total. The number of hydrogen-bond donors (Lipinski definition) is 1. The molecule has 0 aliphatic heterocycles. The van der Waals surface area contributed by atoms with Gasteiger partial charge in [0.05, 0.1) is 5.52 Å². The van der Waals surface area contributed by atoms with Crippen molar-refractivity contribution in [2.24, 2.45) is 0 Å². The van der Waals surface area contributed by atoms with Gasteiger partial charge in [-0.05, 0) is 47.9 Å². The molecule has 0 radical (unpaired) electrons. The number of nitrogens with one attached hydrogen (secondary N) is 1. The van der Waals surface area contributed by atoms with Gasteiger partial charge in [0, 0.05) is 17.5 Å². The van der Waals surface area contributed by atoms with Gasteiger partial charge in [-0.15, -0.1) is 0 Å². The SMILES string of the molecule is CCC(c1cccc(F)c1)c1cc(F)c2[nH]ccc2c1. The Hall–Kier alpha value is -2.16. The highest BCUT2D eigenvalue weighted by molar-refractivity contribution is 5.81. The molecule has 102 valence electrons. The van der Waals surface area contributed by atoms with Crippen LogP contribution in [0.4, 0.5) is 8.78 Å². The van der Waals surface area contributed by atoms with Gasteiger partial charge in [-0.3, -0.25) is 0 Å². The highest BCUT2D eigenvalue weighted by Gasteiger charge is 2.15. The van der Waals surface area contributed by atoms with E-state index in [1.165, 1.54) is 18.2 Å². The Kier molecular flexibility index (Phi) is 3.26. The summed E-state index contributed by atoms with van der Waals surface area (Å²) in [7, 11) is 0. The molecule has 3 rings (SSSR count). The van der Waals surface area contributed by atoms with Crippen LogP contribution in [0.25, 0.3) is 10.9 Å². The summed E-state index contributed by atoms with van der Waals surface area (Å²) in [4.78, 5) is 2.89. The van der Waals surface area contributed by atoms with Gasteiger partial charge >= 0.3 is 0 Å². The number of aromatic nitrogens is 1. The fourth-order valence-electron chi connectivity index (χ4n) is 2.74. The number of fused-ring (bicyclic) bond motifs is 1. The third-order valence-corrected chi connectivity index (χ3v) is 3.70. The van der Waals surface area contributed by atoms with E-state index in [1.54, 1.807) is 12.3 Å². The fourth-order valence-corrected chi connectivity index (χ4v) is 2.74. The Morgan fingerprint density at radius 3 is 2.65 bits per heavy atom. The Bertz CT molecular complexity index is 746. The number of aromatic amines is 1. The lowest BCUT2D eigenvalue weighted by molar-refractivity contribution is 0.620. The van der Waals surface area contributed by atoms with Crippen LogP contribution in [0, 0.1) is 11.6 Å². The molecule has 0 bridgehead atoms. The minimum absolute atomic E-state index is 0.000463. The third-order valence-electron chi connectivity index (χ3n) is 3.70. The van der Waals surface area contributed by atoms with E-state index in [9.17, 15) is 8.78 Å². The number of rotatable bonds is 3. The maximum absolute atomic E-state index is 14.1. The number of H-pyrrole nitrogens is 1. The Balaban J connectivity index is 2.11. The van der Waals surface area contributed by atoms with Crippen molar-refractivity contribution in [2.45, 2.75) is 19.3 Å². The zero-order valence-electron chi connectivity index (χ0n) is 11.2. The fraction of sp³-hybridized carbons (Fsp3) is 0.176. The topological polar surface area (TPSA) is 15.8 Å². The van der Waals surface area contributed by atoms with Crippen molar-refractivity contribution < 1.29 is 8.78 Å². The van der Waals surface area contributed by atoms with Crippen molar-refractivity contribution in [2.75, 3.05) is 0 Å². The Morgan fingerprint density at radius 1 is 1.05 bits per heavy atom. The minimum Gasteiger partial charge on any atom is -0.359 e. The summed E-state index contributed by atoms with van der Waals surface area (Å²) in [6.45, 7) is 2.02. The van der Waals surface area contributed by atoms with Crippen LogP contribution < -0.4 is 0 Å². The van der Waals surface area contributed by atoms with Gasteiger partial charge in [-0.1, -0.05) is 19.1 Å². The molecule has 2 aromatic carbocycles. The van der Waals surface area contributed by atoms with Crippen molar-refractivity contribution in [3.8, 4) is 0 Å². The van der Waals surface area contributed by atoms with Crippen molar-refractivity contribution >= 4 is 10.9 Å². The van der Waals surface area contributed by atoms with Gasteiger partial charge in [0.1, 0.15) is 11.6 Å². The van der Waals surface area contributed by atoms with Crippen molar-refractivity contribution in [3.05, 3.63) is 71.4 Å². The number of benzene rings is 2. The van der Waals surface area contributed by atoms with Gasteiger partial charge in [0.25, 0.3) is 0 Å². The van der Waals surface area contributed by atoms with Crippen molar-refractivity contribution in [1.29, 1.82) is 0 Å². The number of halogens is 2. The van der Waals surface area contributed by atoms with E-state index in [0.717, 1.165) is 22.9 Å². The lowest BCUT2D eigenvalue weighted by Gasteiger charge is -2.16. The smallest absolute Gasteiger partial charge is 0.147 e. The third kappa shape index (κ3) is 2.20. The van der Waals surface area contributed by atoms with Gasteiger partial charge in [0.15, 0.2) is 0 Å². The second-order valence-corrected chi connectivity index (χ2v) is 4.96. The van der Waals surface area contributed by atoms with Crippen LogP contribution in [-0.4, -0.2) is 4.98 Å². The van der Waals surface area contributed by atoms with Crippen LogP contribution >= 0.6 is 0 Å². The summed E-state index contributed by atoms with van der Waals surface area (Å²) in [6.07, 6.45) is 2.51. The van der Waals surface area contributed by atoms with Crippen molar-refractivity contribution in [1.82, 2.24) is 4.98 Å². The molecule has 0 aliphatic rings. The first-order chi connectivity index (χ1) is 9.69. The van der Waals surface area contributed by atoms with E-state index in [2.05, 4.69) is 4.98 Å². The van der Waals surface area contributed by atoms with E-state index in [1.807, 2.05) is 25.1 Å². The zero-order chi connectivity index (χ0) is 14.1. The molecular weight excluding hydrogens is 256 g/mol. The van der Waals surface area contributed by atoms with E-state index < -0.39 is 0 Å². The van der Waals surface area contributed by atoms with Crippen LogP contribution in [0.2, 0.25) is 0 Å². The first-order valence-electron chi connectivity index (χ1n) is 6.71. The summed E-state index contributed by atoms with van der Waals surface area (Å²) in [6, 6.07) is 11.9. The summed E-state index contributed by atoms with van der Waals surface area (Å²) >= 11 is 0. The standard InChI is InChI=1S/C17H15F2N/c1-2-15(11-4-3-5-14(18)9-11)13-8-12-6-7-20-17(12)16(19)10-13/h3-10,15,20H,2H2,1H3. The van der Waals surface area contributed by atoms with E-state index >= 15 is 0 Å². The first-order valence-corrected chi connectivity index (χ1v) is 6.71. The Morgan fingerprint density at radius 2 is 1.90 bits per heavy atom. The molecule has 0 amide bonds. The molecule has 20 heavy (non-hydrogen) atoms. The molecule has 1 N–H and O–H groups in total. The largest absolute Gasteiger partial charge is 0.359 e. The maximum atomic E-state index is 14.1. The molecule has 3 heteroatoms. The molecule has 1 atom stereocenters. The molecule has 0 saturated heterocycles. The zero-order valence-corrected chi connectivity index (χ0v) is 11.2.